The maximum absolute atomic E-state index is 13.7. The van der Waals surface area contributed by atoms with Gasteiger partial charge in [0.1, 0.15) is 11.5 Å². The van der Waals surface area contributed by atoms with Crippen LogP contribution >= 0.6 is 0 Å². The molecule has 8 heteroatoms. The van der Waals surface area contributed by atoms with Gasteiger partial charge in [0, 0.05) is 30.5 Å². The van der Waals surface area contributed by atoms with Crippen LogP contribution in [0.2, 0.25) is 0 Å². The van der Waals surface area contributed by atoms with Gasteiger partial charge in [0.25, 0.3) is 5.91 Å². The predicted octanol–water partition coefficient (Wildman–Crippen LogP) is 6.41. The molecule has 46 heavy (non-hydrogen) atoms. The molecule has 4 aliphatic rings. The zero-order valence-electron chi connectivity index (χ0n) is 25.3. The van der Waals surface area contributed by atoms with Crippen LogP contribution in [0.4, 0.5) is 5.69 Å². The Kier molecular flexibility index (Phi) is 8.09. The minimum Gasteiger partial charge on any atom is -0.457 e. The van der Waals surface area contributed by atoms with E-state index in [2.05, 4.69) is 29.6 Å². The molecule has 0 unspecified atom stereocenters. The van der Waals surface area contributed by atoms with Gasteiger partial charge in [0.2, 0.25) is 11.8 Å². The van der Waals surface area contributed by atoms with Crippen molar-refractivity contribution < 1.29 is 28.7 Å². The van der Waals surface area contributed by atoms with E-state index in [0.29, 0.717) is 43.0 Å². The molecule has 1 N–H and O–H groups in total. The maximum atomic E-state index is 13.7. The van der Waals surface area contributed by atoms with Crippen LogP contribution in [0.3, 0.4) is 0 Å². The molecule has 3 aliphatic carbocycles. The highest BCUT2D eigenvalue weighted by molar-refractivity contribution is 6.07. The summed E-state index contributed by atoms with van der Waals surface area (Å²) in [6.45, 7) is -0.0444. The number of nitrogens with one attached hydrogen (secondary N) is 1. The first-order chi connectivity index (χ1) is 22.5. The number of nitrogens with zero attached hydrogens (tertiary/aromatic N) is 1. The summed E-state index contributed by atoms with van der Waals surface area (Å²) in [6, 6.07) is 32.7. The van der Waals surface area contributed by atoms with Gasteiger partial charge in [-0.15, -0.1) is 0 Å². The van der Waals surface area contributed by atoms with Crippen LogP contribution in [0.5, 0.6) is 11.5 Å². The molecule has 0 aromatic heterocycles. The summed E-state index contributed by atoms with van der Waals surface area (Å²) >= 11 is 0. The fourth-order valence-corrected chi connectivity index (χ4v) is 7.32. The average molecular weight is 615 g/mol. The number of hydrogen-bond acceptors (Lipinski definition) is 6. The van der Waals surface area contributed by atoms with Gasteiger partial charge in [-0.05, 0) is 71.5 Å². The van der Waals surface area contributed by atoms with Crippen molar-refractivity contribution in [3.05, 3.63) is 125 Å². The zero-order chi connectivity index (χ0) is 31.6. The third-order valence-corrected chi connectivity index (χ3v) is 9.28. The van der Waals surface area contributed by atoms with Crippen molar-refractivity contribution in [2.24, 2.45) is 11.8 Å². The summed E-state index contributed by atoms with van der Waals surface area (Å²) in [5, 5.41) is 2.71. The highest BCUT2D eigenvalue weighted by atomic mass is 16.5. The molecular formula is C38H34N2O6. The van der Waals surface area contributed by atoms with E-state index in [1.54, 1.807) is 24.3 Å². The summed E-state index contributed by atoms with van der Waals surface area (Å²) < 4.78 is 10.9. The van der Waals surface area contributed by atoms with E-state index in [9.17, 15) is 19.2 Å². The Bertz CT molecular complexity index is 1670. The predicted molar refractivity (Wildman–Crippen MR) is 171 cm³/mol. The normalized spacial score (nSPS) is 20.5. The van der Waals surface area contributed by atoms with Crippen molar-refractivity contribution in [1.29, 1.82) is 0 Å². The van der Waals surface area contributed by atoms with Crippen LogP contribution in [-0.4, -0.2) is 41.7 Å². The Morgan fingerprint density at radius 3 is 1.72 bits per heavy atom. The highest BCUT2D eigenvalue weighted by Crippen LogP contribution is 2.60. The summed E-state index contributed by atoms with van der Waals surface area (Å²) in [7, 11) is 0. The largest absolute Gasteiger partial charge is 0.457 e. The Hall–Kier alpha value is -5.24. The molecule has 1 fully saturated rings. The van der Waals surface area contributed by atoms with E-state index in [4.69, 9.17) is 9.47 Å². The number of esters is 1. The fraction of sp³-hybridized carbons (Fsp3) is 0.263. The second-order valence-corrected chi connectivity index (χ2v) is 12.1. The van der Waals surface area contributed by atoms with E-state index in [1.807, 2.05) is 54.6 Å². The third-order valence-electron chi connectivity index (χ3n) is 9.28. The molecule has 232 valence electrons. The van der Waals surface area contributed by atoms with Gasteiger partial charge >= 0.3 is 5.97 Å². The van der Waals surface area contributed by atoms with Crippen LogP contribution < -0.4 is 10.1 Å². The number of benzene rings is 4. The Morgan fingerprint density at radius 2 is 1.15 bits per heavy atom. The average Bonchev–Trinajstić information content (AvgIpc) is 3.34. The molecule has 2 bridgehead atoms. The van der Waals surface area contributed by atoms with Crippen molar-refractivity contribution in [1.82, 2.24) is 4.90 Å². The molecule has 1 aliphatic heterocycles. The van der Waals surface area contributed by atoms with Crippen molar-refractivity contribution >= 4 is 29.4 Å². The lowest BCUT2D eigenvalue weighted by molar-refractivity contribution is -0.147. The lowest BCUT2D eigenvalue weighted by Crippen LogP contribution is -2.41. The number of likely N-dealkylation sites (tertiary alicyclic amines) is 1. The van der Waals surface area contributed by atoms with Crippen molar-refractivity contribution in [3.8, 4) is 11.5 Å². The van der Waals surface area contributed by atoms with Crippen molar-refractivity contribution in [2.75, 3.05) is 18.5 Å². The number of anilines is 1. The van der Waals surface area contributed by atoms with Crippen molar-refractivity contribution in [2.45, 2.75) is 37.5 Å². The van der Waals surface area contributed by atoms with Gasteiger partial charge in [-0.25, -0.2) is 0 Å². The Balaban J connectivity index is 0.852. The second kappa shape index (κ2) is 12.6. The van der Waals surface area contributed by atoms with Gasteiger partial charge in [-0.3, -0.25) is 24.1 Å². The molecule has 4 aromatic rings. The first-order valence-corrected chi connectivity index (χ1v) is 15.8. The molecule has 2 atom stereocenters. The van der Waals surface area contributed by atoms with E-state index in [0.717, 1.165) is 22.3 Å². The molecule has 8 nitrogen and oxygen atoms in total. The molecule has 8 rings (SSSR count). The van der Waals surface area contributed by atoms with E-state index < -0.39 is 11.9 Å². The van der Waals surface area contributed by atoms with Crippen LogP contribution in [0, 0.1) is 11.8 Å². The zero-order valence-corrected chi connectivity index (χ0v) is 25.3. The highest BCUT2D eigenvalue weighted by Gasteiger charge is 2.61. The molecule has 0 radical (unpaired) electrons. The molecule has 0 saturated carbocycles. The molecule has 1 saturated heterocycles. The van der Waals surface area contributed by atoms with Gasteiger partial charge in [0.15, 0.2) is 6.61 Å². The summed E-state index contributed by atoms with van der Waals surface area (Å²) in [5.41, 5.74) is 5.21. The van der Waals surface area contributed by atoms with E-state index in [1.165, 1.54) is 4.90 Å². The monoisotopic (exact) mass is 614 g/mol. The third kappa shape index (κ3) is 5.55. The first kappa shape index (κ1) is 29.5. The number of hydrogen-bond donors (Lipinski definition) is 1. The topological polar surface area (TPSA) is 102 Å². The smallest absolute Gasteiger partial charge is 0.306 e. The summed E-state index contributed by atoms with van der Waals surface area (Å²) in [6.07, 6.45) is 1.94. The number of carbonyl (C=O) groups is 4. The number of rotatable bonds is 11. The summed E-state index contributed by atoms with van der Waals surface area (Å²) in [5.74, 6) is -0.678. The summed E-state index contributed by atoms with van der Waals surface area (Å²) in [4.78, 5) is 53.4. The lowest BCUT2D eigenvalue weighted by Gasteiger charge is -2.45. The quantitative estimate of drug-likeness (QED) is 0.119. The Labute approximate surface area is 267 Å². The van der Waals surface area contributed by atoms with Crippen molar-refractivity contribution in [3.63, 3.8) is 0 Å². The number of carbonyl (C=O) groups excluding carboxylic acids is 4. The van der Waals surface area contributed by atoms with Gasteiger partial charge < -0.3 is 14.8 Å². The van der Waals surface area contributed by atoms with Crippen LogP contribution in [0.15, 0.2) is 103 Å². The minimum absolute atomic E-state index is 0.0854. The lowest BCUT2D eigenvalue weighted by atomic mass is 9.55. The first-order valence-electron chi connectivity index (χ1n) is 15.8. The number of ether oxygens (including phenoxy) is 2. The number of imide groups is 1. The van der Waals surface area contributed by atoms with E-state index in [-0.39, 0.29) is 48.5 Å². The van der Waals surface area contributed by atoms with Crippen LogP contribution in [0.25, 0.3) is 0 Å². The van der Waals surface area contributed by atoms with Gasteiger partial charge in [-0.1, -0.05) is 73.2 Å². The molecule has 1 heterocycles. The number of para-hydroxylation sites is 1. The minimum atomic E-state index is -0.465. The fourth-order valence-electron chi connectivity index (χ4n) is 7.32. The van der Waals surface area contributed by atoms with Crippen LogP contribution in [0.1, 0.15) is 59.8 Å². The standard InChI is InChI=1S/C38H34N2O6/c41-31(39-24-18-20-26(21-19-24)46-25-11-3-1-4-12-25)23-45-32(42)17-5-2-10-22-40-37(43)35-33-27-13-6-7-14-28(27)34(36(35)38(40)44)30-16-9-8-15-29(30)33/h1,3-4,6-9,11-16,18-21,33-36H,2,5,10,17,22-23H2,(H,39,41)/t33?,34?,35-,36-/m1/s1. The number of unbranched alkanes of at least 4 members (excludes halogenated alkanes) is 2. The Morgan fingerprint density at radius 1 is 0.630 bits per heavy atom. The molecule has 0 spiro atoms. The molecule has 4 aromatic carbocycles. The van der Waals surface area contributed by atoms with E-state index >= 15 is 0 Å². The van der Waals surface area contributed by atoms with Gasteiger partial charge in [-0.2, -0.15) is 0 Å². The van der Waals surface area contributed by atoms with Gasteiger partial charge in [0.05, 0.1) is 11.8 Å². The number of amides is 3. The molecule has 3 amide bonds. The van der Waals surface area contributed by atoms with Crippen LogP contribution in [-0.2, 0) is 23.9 Å². The SMILES string of the molecule is O=C(COC(=O)CCCCCN1C(=O)[C@@H]2C3c4ccccc4C(c4ccccc43)[C@H]2C1=O)Nc1ccc(Oc2ccccc2)cc1. The second-order valence-electron chi connectivity index (χ2n) is 12.1. The maximum Gasteiger partial charge on any atom is 0.306 e. The molecular weight excluding hydrogens is 580 g/mol.